The molecule has 0 amide bonds. The minimum Gasteiger partial charge on any atom is -0.311 e. The van der Waals surface area contributed by atoms with Crippen molar-refractivity contribution >= 4 is 27.8 Å². The van der Waals surface area contributed by atoms with E-state index in [1.807, 2.05) is 0 Å². The lowest BCUT2D eigenvalue weighted by molar-refractivity contribution is 0.229. The van der Waals surface area contributed by atoms with Crippen molar-refractivity contribution in [2.24, 2.45) is 17.8 Å². The van der Waals surface area contributed by atoms with Gasteiger partial charge in [0.25, 0.3) is 0 Å². The molecule has 4 bridgehead atoms. The van der Waals surface area contributed by atoms with Gasteiger partial charge in [-0.15, -0.1) is 0 Å². The van der Waals surface area contributed by atoms with Gasteiger partial charge in [0.05, 0.1) is 0 Å². The SMILES string of the molecule is c1ccc(-c2ccc(N(c3ccc(-c4ccccc4)cc3)c3ccc(-c4ccc5ccccc5c4-c4ccc(C56CC7CC(C5)C(C7)C6)cc4)cc3)cc2)cc1. The topological polar surface area (TPSA) is 3.24 Å². The van der Waals surface area contributed by atoms with Crippen LogP contribution in [-0.4, -0.2) is 0 Å². The third-order valence-electron chi connectivity index (χ3n) is 13.5. The molecular weight excluding hydrogens is 675 g/mol. The van der Waals surface area contributed by atoms with Crippen LogP contribution in [-0.2, 0) is 5.41 Å². The van der Waals surface area contributed by atoms with Gasteiger partial charge in [0.2, 0.25) is 0 Å². The second-order valence-electron chi connectivity index (χ2n) is 16.7. The van der Waals surface area contributed by atoms with Crippen LogP contribution in [0, 0.1) is 17.8 Å². The molecule has 0 aromatic heterocycles. The first-order chi connectivity index (χ1) is 27.7. The molecule has 2 atom stereocenters. The molecule has 1 nitrogen and oxygen atoms in total. The lowest BCUT2D eigenvalue weighted by Crippen LogP contribution is -2.31. The Kier molecular flexibility index (Phi) is 8.02. The van der Waals surface area contributed by atoms with E-state index < -0.39 is 0 Å². The fourth-order valence-corrected chi connectivity index (χ4v) is 11.1. The maximum Gasteiger partial charge on any atom is 0.0462 e. The smallest absolute Gasteiger partial charge is 0.0462 e. The fraction of sp³-hybridized carbons (Fsp3) is 0.164. The van der Waals surface area contributed by atoms with Crippen molar-refractivity contribution in [2.75, 3.05) is 4.90 Å². The second-order valence-corrected chi connectivity index (χ2v) is 16.7. The summed E-state index contributed by atoms with van der Waals surface area (Å²) >= 11 is 0. The lowest BCUT2D eigenvalue weighted by atomic mass is 9.65. The first-order valence-corrected chi connectivity index (χ1v) is 20.5. The molecule has 8 aromatic rings. The van der Waals surface area contributed by atoms with Crippen LogP contribution >= 0.6 is 0 Å². The van der Waals surface area contributed by atoms with Crippen LogP contribution in [0.1, 0.15) is 37.7 Å². The van der Waals surface area contributed by atoms with E-state index in [2.05, 4.69) is 199 Å². The molecule has 56 heavy (non-hydrogen) atoms. The van der Waals surface area contributed by atoms with Gasteiger partial charge in [-0.3, -0.25) is 0 Å². The summed E-state index contributed by atoms with van der Waals surface area (Å²) in [6, 6.07) is 71.7. The molecule has 12 rings (SSSR count). The van der Waals surface area contributed by atoms with E-state index in [1.54, 1.807) is 5.56 Å². The number of benzene rings is 8. The van der Waals surface area contributed by atoms with Gasteiger partial charge in [-0.05, 0) is 153 Å². The van der Waals surface area contributed by atoms with Crippen molar-refractivity contribution in [1.82, 2.24) is 0 Å². The molecule has 0 heterocycles. The van der Waals surface area contributed by atoms with Crippen LogP contribution < -0.4 is 4.90 Å². The molecule has 4 aliphatic carbocycles. The molecule has 0 radical (unpaired) electrons. The number of nitrogens with zero attached hydrogens (tertiary/aromatic N) is 1. The van der Waals surface area contributed by atoms with Gasteiger partial charge in [-0.1, -0.05) is 158 Å². The number of hydrogen-bond acceptors (Lipinski definition) is 1. The highest BCUT2D eigenvalue weighted by Crippen LogP contribution is 2.64. The first kappa shape index (κ1) is 33.2. The number of rotatable bonds is 8. The molecule has 4 saturated carbocycles. The third kappa shape index (κ3) is 5.77. The van der Waals surface area contributed by atoms with E-state index >= 15 is 0 Å². The standard InChI is InChI=1S/C55H45N/c1-3-9-39(10-4-1)41-17-26-49(27-18-41)56(50-28-19-42(20-29-50)40-11-5-2-6-12-40)51-30-21-44(22-31-51)53-32-23-43-13-7-8-14-52(43)54(53)45-15-24-48(25-16-45)55-35-38-33-46(36-55)47(34-38)37-55/h1-32,38,46-47H,33-37H2. The normalized spacial score (nSPS) is 20.8. The summed E-state index contributed by atoms with van der Waals surface area (Å²) in [6.07, 6.45) is 7.19. The van der Waals surface area contributed by atoms with Crippen molar-refractivity contribution in [3.8, 4) is 44.5 Å². The van der Waals surface area contributed by atoms with Gasteiger partial charge in [-0.25, -0.2) is 0 Å². The van der Waals surface area contributed by atoms with Crippen molar-refractivity contribution in [1.29, 1.82) is 0 Å². The van der Waals surface area contributed by atoms with Crippen molar-refractivity contribution in [3.05, 3.63) is 200 Å². The number of fused-ring (bicyclic) bond motifs is 1. The van der Waals surface area contributed by atoms with E-state index in [9.17, 15) is 0 Å². The van der Waals surface area contributed by atoms with Crippen molar-refractivity contribution in [2.45, 2.75) is 37.5 Å². The van der Waals surface area contributed by atoms with Crippen LogP contribution in [0.2, 0.25) is 0 Å². The molecular formula is C55H45N. The van der Waals surface area contributed by atoms with Gasteiger partial charge >= 0.3 is 0 Å². The van der Waals surface area contributed by atoms with E-state index in [1.165, 1.54) is 87.4 Å². The van der Waals surface area contributed by atoms with Crippen molar-refractivity contribution < 1.29 is 0 Å². The molecule has 0 spiro atoms. The Balaban J connectivity index is 0.967. The van der Waals surface area contributed by atoms with Gasteiger partial charge in [0.15, 0.2) is 0 Å². The Bertz CT molecular complexity index is 2540. The molecule has 270 valence electrons. The molecule has 2 unspecified atom stereocenters. The van der Waals surface area contributed by atoms with E-state index in [0.29, 0.717) is 5.41 Å². The van der Waals surface area contributed by atoms with E-state index in [-0.39, 0.29) is 0 Å². The largest absolute Gasteiger partial charge is 0.311 e. The zero-order chi connectivity index (χ0) is 37.1. The molecule has 8 aromatic carbocycles. The minimum absolute atomic E-state index is 0.419. The van der Waals surface area contributed by atoms with Crippen molar-refractivity contribution in [3.63, 3.8) is 0 Å². The Morgan fingerprint density at radius 1 is 0.375 bits per heavy atom. The molecule has 4 aliphatic rings. The molecule has 0 saturated heterocycles. The van der Waals surface area contributed by atoms with Crippen LogP contribution in [0.5, 0.6) is 0 Å². The summed E-state index contributed by atoms with van der Waals surface area (Å²) in [5.41, 5.74) is 15.4. The van der Waals surface area contributed by atoms with E-state index in [4.69, 9.17) is 0 Å². The van der Waals surface area contributed by atoms with Crippen LogP contribution in [0.4, 0.5) is 17.1 Å². The fourth-order valence-electron chi connectivity index (χ4n) is 11.1. The average molecular weight is 720 g/mol. The highest BCUT2D eigenvalue weighted by atomic mass is 15.1. The molecule has 0 N–H and O–H groups in total. The Morgan fingerprint density at radius 3 is 1.38 bits per heavy atom. The summed E-state index contributed by atoms with van der Waals surface area (Å²) in [5, 5.41) is 2.58. The Labute approximate surface area is 330 Å². The second kappa shape index (κ2) is 13.5. The highest BCUT2D eigenvalue weighted by Gasteiger charge is 2.56. The quantitative estimate of drug-likeness (QED) is 0.151. The highest BCUT2D eigenvalue weighted by molar-refractivity contribution is 6.04. The van der Waals surface area contributed by atoms with Gasteiger partial charge in [-0.2, -0.15) is 0 Å². The maximum atomic E-state index is 2.49. The lowest BCUT2D eigenvalue weighted by Gasteiger charge is -2.39. The molecule has 1 heteroatoms. The number of hydrogen-bond donors (Lipinski definition) is 0. The maximum absolute atomic E-state index is 2.49. The zero-order valence-electron chi connectivity index (χ0n) is 31.7. The summed E-state index contributed by atoms with van der Waals surface area (Å²) in [7, 11) is 0. The Morgan fingerprint density at radius 2 is 0.839 bits per heavy atom. The monoisotopic (exact) mass is 719 g/mol. The van der Waals surface area contributed by atoms with Crippen LogP contribution in [0.3, 0.4) is 0 Å². The van der Waals surface area contributed by atoms with Gasteiger partial charge in [0.1, 0.15) is 0 Å². The first-order valence-electron chi connectivity index (χ1n) is 20.5. The summed E-state index contributed by atoms with van der Waals surface area (Å²) in [5.74, 6) is 2.90. The Hall–Kier alpha value is -6.18. The summed E-state index contributed by atoms with van der Waals surface area (Å²) < 4.78 is 0. The van der Waals surface area contributed by atoms with Crippen LogP contribution in [0.25, 0.3) is 55.3 Å². The number of anilines is 3. The third-order valence-corrected chi connectivity index (χ3v) is 13.5. The average Bonchev–Trinajstić information content (AvgIpc) is 3.70. The molecule has 4 fully saturated rings. The molecule has 0 aliphatic heterocycles. The van der Waals surface area contributed by atoms with E-state index in [0.717, 1.165) is 34.8 Å². The summed E-state index contributed by atoms with van der Waals surface area (Å²) in [4.78, 5) is 2.37. The predicted octanol–water partition coefficient (Wildman–Crippen LogP) is 15.1. The van der Waals surface area contributed by atoms with Crippen LogP contribution in [0.15, 0.2) is 194 Å². The predicted molar refractivity (Wildman–Crippen MR) is 236 cm³/mol. The zero-order valence-corrected chi connectivity index (χ0v) is 31.7. The van der Waals surface area contributed by atoms with Gasteiger partial charge in [0, 0.05) is 17.1 Å². The van der Waals surface area contributed by atoms with Gasteiger partial charge < -0.3 is 4.90 Å². The summed E-state index contributed by atoms with van der Waals surface area (Å²) in [6.45, 7) is 0. The minimum atomic E-state index is 0.419.